The molecule has 1 amide bonds. The van der Waals surface area contributed by atoms with Crippen LogP contribution in [0.1, 0.15) is 10.4 Å². The average molecular weight is 289 g/mol. The third-order valence-electron chi connectivity index (χ3n) is 3.11. The number of hydroxylamine groups is 2. The summed E-state index contributed by atoms with van der Waals surface area (Å²) in [6.07, 6.45) is 1.48. The summed E-state index contributed by atoms with van der Waals surface area (Å²) in [5.74, 6) is 0.0860. The zero-order chi connectivity index (χ0) is 15.4. The maximum absolute atomic E-state index is 12.9. The summed E-state index contributed by atoms with van der Waals surface area (Å²) < 4.78 is 12.9. The van der Waals surface area contributed by atoms with Gasteiger partial charge < -0.3 is 4.90 Å². The molecule has 0 aliphatic rings. The fraction of sp³-hybridized carbons (Fsp3) is 0.200. The van der Waals surface area contributed by atoms with Gasteiger partial charge in [-0.3, -0.25) is 9.63 Å². The second kappa shape index (κ2) is 6.32. The lowest BCUT2D eigenvalue weighted by Gasteiger charge is -2.19. The van der Waals surface area contributed by atoms with Crippen molar-refractivity contribution < 1.29 is 14.0 Å². The number of nitrogens with zero attached hydrogens (tertiary/aromatic N) is 3. The molecular formula is C15H16FN3O2. The van der Waals surface area contributed by atoms with E-state index < -0.39 is 0 Å². The Morgan fingerprint density at radius 2 is 1.81 bits per heavy atom. The van der Waals surface area contributed by atoms with Crippen LogP contribution in [0.5, 0.6) is 0 Å². The van der Waals surface area contributed by atoms with E-state index >= 15 is 0 Å². The number of benzene rings is 1. The van der Waals surface area contributed by atoms with Crippen LogP contribution in [0.2, 0.25) is 0 Å². The Labute approximate surface area is 122 Å². The summed E-state index contributed by atoms with van der Waals surface area (Å²) in [7, 11) is 4.77. The highest BCUT2D eigenvalue weighted by Gasteiger charge is 2.12. The first kappa shape index (κ1) is 14.9. The Kier molecular flexibility index (Phi) is 4.49. The first-order chi connectivity index (χ1) is 10.0. The lowest BCUT2D eigenvalue weighted by Crippen LogP contribution is -2.25. The quantitative estimate of drug-likeness (QED) is 0.812. The van der Waals surface area contributed by atoms with E-state index in [0.717, 1.165) is 10.8 Å². The number of pyridine rings is 1. The summed E-state index contributed by atoms with van der Waals surface area (Å²) in [5.41, 5.74) is 1.23. The van der Waals surface area contributed by atoms with Crippen LogP contribution >= 0.6 is 0 Å². The maximum Gasteiger partial charge on any atom is 0.278 e. The van der Waals surface area contributed by atoms with Gasteiger partial charge in [0.1, 0.15) is 11.6 Å². The molecule has 0 N–H and O–H groups in total. The molecule has 0 unspecified atom stereocenters. The number of aromatic nitrogens is 1. The van der Waals surface area contributed by atoms with Crippen LogP contribution in [0.15, 0.2) is 42.6 Å². The summed E-state index contributed by atoms with van der Waals surface area (Å²) in [5, 5.41) is 1.13. The van der Waals surface area contributed by atoms with Gasteiger partial charge in [0, 0.05) is 26.0 Å². The van der Waals surface area contributed by atoms with Gasteiger partial charge in [-0.25, -0.2) is 14.4 Å². The number of hydrogen-bond donors (Lipinski definition) is 0. The van der Waals surface area contributed by atoms with Crippen molar-refractivity contribution in [3.63, 3.8) is 0 Å². The van der Waals surface area contributed by atoms with Gasteiger partial charge in [-0.15, -0.1) is 0 Å². The Morgan fingerprint density at radius 3 is 2.33 bits per heavy atom. The predicted octanol–water partition coefficient (Wildman–Crippen LogP) is 2.62. The highest BCUT2D eigenvalue weighted by Crippen LogP contribution is 2.21. The zero-order valence-electron chi connectivity index (χ0n) is 12.1. The Bertz CT molecular complexity index is 614. The third kappa shape index (κ3) is 3.35. The fourth-order valence-corrected chi connectivity index (χ4v) is 1.77. The monoisotopic (exact) mass is 289 g/mol. The average Bonchev–Trinajstić information content (AvgIpc) is 2.53. The molecule has 0 aliphatic heterocycles. The van der Waals surface area contributed by atoms with Gasteiger partial charge in [-0.1, -0.05) is 0 Å². The topological polar surface area (TPSA) is 45.7 Å². The SMILES string of the molecule is CON(C)C(=O)c1ccc(N(C)c2ccc(F)cc2)nc1. The first-order valence-electron chi connectivity index (χ1n) is 6.30. The number of rotatable bonds is 4. The number of hydrogen-bond acceptors (Lipinski definition) is 4. The molecule has 0 saturated heterocycles. The van der Waals surface area contributed by atoms with Gasteiger partial charge in [0.05, 0.1) is 12.7 Å². The predicted molar refractivity (Wildman–Crippen MR) is 77.8 cm³/mol. The number of amides is 1. The molecule has 2 rings (SSSR count). The van der Waals surface area contributed by atoms with E-state index in [0.29, 0.717) is 11.4 Å². The molecule has 1 aromatic carbocycles. The van der Waals surface area contributed by atoms with Gasteiger partial charge in [0.15, 0.2) is 0 Å². The van der Waals surface area contributed by atoms with Crippen LogP contribution in [0.4, 0.5) is 15.9 Å². The molecule has 0 fully saturated rings. The second-order valence-electron chi connectivity index (χ2n) is 4.43. The van der Waals surface area contributed by atoms with E-state index in [-0.39, 0.29) is 11.7 Å². The molecule has 0 aliphatic carbocycles. The molecular weight excluding hydrogens is 273 g/mol. The van der Waals surface area contributed by atoms with Crippen molar-refractivity contribution in [2.45, 2.75) is 0 Å². The van der Waals surface area contributed by atoms with Gasteiger partial charge in [0.2, 0.25) is 0 Å². The minimum Gasteiger partial charge on any atom is -0.329 e. The number of carbonyl (C=O) groups is 1. The molecule has 0 atom stereocenters. The summed E-state index contributed by atoms with van der Waals surface area (Å²) in [6, 6.07) is 9.48. The summed E-state index contributed by atoms with van der Waals surface area (Å²) in [6.45, 7) is 0. The molecule has 2 aromatic rings. The van der Waals surface area contributed by atoms with Crippen molar-refractivity contribution in [1.29, 1.82) is 0 Å². The molecule has 0 saturated carbocycles. The van der Waals surface area contributed by atoms with Crippen LogP contribution in [0, 0.1) is 5.82 Å². The Hall–Kier alpha value is -2.47. The highest BCUT2D eigenvalue weighted by atomic mass is 19.1. The number of anilines is 2. The van der Waals surface area contributed by atoms with E-state index in [9.17, 15) is 9.18 Å². The zero-order valence-corrected chi connectivity index (χ0v) is 12.1. The van der Waals surface area contributed by atoms with Gasteiger partial charge in [0.25, 0.3) is 5.91 Å². The van der Waals surface area contributed by atoms with E-state index in [4.69, 9.17) is 4.84 Å². The number of halogens is 1. The Balaban J connectivity index is 2.18. The summed E-state index contributed by atoms with van der Waals surface area (Å²) >= 11 is 0. The van der Waals surface area contributed by atoms with Crippen molar-refractivity contribution in [3.05, 3.63) is 54.0 Å². The second-order valence-corrected chi connectivity index (χ2v) is 4.43. The minimum atomic E-state index is -0.288. The highest BCUT2D eigenvalue weighted by molar-refractivity contribution is 5.93. The largest absolute Gasteiger partial charge is 0.329 e. The van der Waals surface area contributed by atoms with E-state index in [1.807, 2.05) is 7.05 Å². The van der Waals surface area contributed by atoms with Crippen molar-refractivity contribution >= 4 is 17.4 Å². The van der Waals surface area contributed by atoms with Gasteiger partial charge in [-0.2, -0.15) is 0 Å². The van der Waals surface area contributed by atoms with Crippen LogP contribution in [0.25, 0.3) is 0 Å². The normalized spacial score (nSPS) is 10.3. The molecule has 21 heavy (non-hydrogen) atoms. The van der Waals surface area contributed by atoms with Crippen molar-refractivity contribution in [2.75, 3.05) is 26.1 Å². The van der Waals surface area contributed by atoms with Crippen molar-refractivity contribution in [3.8, 4) is 0 Å². The van der Waals surface area contributed by atoms with Crippen LogP contribution in [-0.2, 0) is 4.84 Å². The van der Waals surface area contributed by atoms with Gasteiger partial charge in [-0.05, 0) is 36.4 Å². The minimum absolute atomic E-state index is 0.277. The van der Waals surface area contributed by atoms with Gasteiger partial charge >= 0.3 is 0 Å². The Morgan fingerprint density at radius 1 is 1.14 bits per heavy atom. The maximum atomic E-state index is 12.9. The van der Waals surface area contributed by atoms with E-state index in [2.05, 4.69) is 4.98 Å². The fourth-order valence-electron chi connectivity index (χ4n) is 1.77. The molecule has 5 nitrogen and oxygen atoms in total. The third-order valence-corrected chi connectivity index (χ3v) is 3.11. The molecule has 0 radical (unpaired) electrons. The first-order valence-corrected chi connectivity index (χ1v) is 6.30. The smallest absolute Gasteiger partial charge is 0.278 e. The van der Waals surface area contributed by atoms with Crippen molar-refractivity contribution in [2.24, 2.45) is 0 Å². The van der Waals surface area contributed by atoms with Crippen LogP contribution in [-0.4, -0.2) is 37.2 Å². The van der Waals surface area contributed by atoms with Crippen LogP contribution in [0.3, 0.4) is 0 Å². The molecule has 1 aromatic heterocycles. The summed E-state index contributed by atoms with van der Waals surface area (Å²) in [4.78, 5) is 22.7. The van der Waals surface area contributed by atoms with Crippen molar-refractivity contribution in [1.82, 2.24) is 10.0 Å². The van der Waals surface area contributed by atoms with Crippen LogP contribution < -0.4 is 4.90 Å². The standard InChI is InChI=1S/C15H16FN3O2/c1-18(13-7-5-12(16)6-8-13)14-9-4-11(10-17-14)15(20)19(2)21-3/h4-10H,1-3H3. The number of carbonyl (C=O) groups excluding carboxylic acids is 1. The molecule has 0 bridgehead atoms. The van der Waals surface area contributed by atoms with E-state index in [1.54, 1.807) is 29.2 Å². The molecule has 110 valence electrons. The molecule has 6 heteroatoms. The lowest BCUT2D eigenvalue weighted by molar-refractivity contribution is -0.0757. The molecule has 1 heterocycles. The lowest BCUT2D eigenvalue weighted by atomic mass is 10.2. The van der Waals surface area contributed by atoms with E-state index in [1.165, 1.54) is 32.5 Å². The molecule has 0 spiro atoms.